The van der Waals surface area contributed by atoms with Crippen LogP contribution >= 0.6 is 22.9 Å². The Hall–Kier alpha value is -0.250. The Kier molecular flexibility index (Phi) is 2.54. The Morgan fingerprint density at radius 3 is 2.50 bits per heavy atom. The minimum atomic E-state index is 1.21. The average molecular weight is 247 g/mol. The zero-order valence-corrected chi connectivity index (χ0v) is 8.27. The van der Waals surface area contributed by atoms with Crippen molar-refractivity contribution in [3.8, 4) is 0 Å². The third-order valence-corrected chi connectivity index (χ3v) is 2.29. The van der Waals surface area contributed by atoms with Crippen molar-refractivity contribution in [2.75, 3.05) is 3.53 Å². The second kappa shape index (κ2) is 3.23. The van der Waals surface area contributed by atoms with Crippen LogP contribution in [0.25, 0.3) is 0 Å². The predicted molar refractivity (Wildman–Crippen MR) is 53.6 cm³/mol. The smallest absolute Gasteiger partial charge is 0.0560 e. The lowest BCUT2D eigenvalue weighted by Gasteiger charge is -2.04. The van der Waals surface area contributed by atoms with Crippen LogP contribution in [0.1, 0.15) is 11.1 Å². The molecule has 0 aliphatic rings. The molecule has 0 aliphatic carbocycles. The number of rotatable bonds is 1. The van der Waals surface area contributed by atoms with Gasteiger partial charge in [0.2, 0.25) is 0 Å². The Morgan fingerprint density at radius 2 is 2.00 bits per heavy atom. The zero-order chi connectivity index (χ0) is 7.56. The molecule has 10 heavy (non-hydrogen) atoms. The van der Waals surface area contributed by atoms with E-state index < -0.39 is 0 Å². The van der Waals surface area contributed by atoms with Gasteiger partial charge in [-0.3, -0.25) is 0 Å². The molecule has 1 nitrogen and oxygen atoms in total. The standard InChI is InChI=1S/C8H10IN/c1-6-4-3-5-8(10-9)7(6)2/h3-5,10H,1-2H3. The van der Waals surface area contributed by atoms with Gasteiger partial charge in [0, 0.05) is 5.69 Å². The third kappa shape index (κ3) is 1.42. The molecular formula is C8H10IN. The Bertz CT molecular complexity index is 233. The maximum Gasteiger partial charge on any atom is 0.0560 e. The second-order valence-corrected chi connectivity index (χ2v) is 2.88. The van der Waals surface area contributed by atoms with Crippen molar-refractivity contribution in [2.45, 2.75) is 13.8 Å². The quantitative estimate of drug-likeness (QED) is 0.594. The van der Waals surface area contributed by atoms with E-state index in [-0.39, 0.29) is 0 Å². The molecule has 54 valence electrons. The van der Waals surface area contributed by atoms with Crippen molar-refractivity contribution in [3.05, 3.63) is 29.3 Å². The summed E-state index contributed by atoms with van der Waals surface area (Å²) in [6, 6.07) is 6.25. The van der Waals surface area contributed by atoms with Crippen molar-refractivity contribution in [1.29, 1.82) is 0 Å². The largest absolute Gasteiger partial charge is 0.328 e. The fourth-order valence-corrected chi connectivity index (χ4v) is 1.44. The SMILES string of the molecule is Cc1cccc(NI)c1C. The van der Waals surface area contributed by atoms with Crippen molar-refractivity contribution in [3.63, 3.8) is 0 Å². The maximum atomic E-state index is 3.11. The van der Waals surface area contributed by atoms with E-state index >= 15 is 0 Å². The molecule has 0 bridgehead atoms. The summed E-state index contributed by atoms with van der Waals surface area (Å²) < 4.78 is 3.11. The van der Waals surface area contributed by atoms with Gasteiger partial charge in [-0.25, -0.2) is 0 Å². The Morgan fingerprint density at radius 1 is 1.30 bits per heavy atom. The monoisotopic (exact) mass is 247 g/mol. The number of halogens is 1. The highest BCUT2D eigenvalue weighted by atomic mass is 127. The van der Waals surface area contributed by atoms with Gasteiger partial charge in [0.15, 0.2) is 0 Å². The van der Waals surface area contributed by atoms with Gasteiger partial charge in [-0.1, -0.05) is 12.1 Å². The molecule has 0 radical (unpaired) electrons. The summed E-state index contributed by atoms with van der Waals surface area (Å²) >= 11 is 2.15. The van der Waals surface area contributed by atoms with E-state index in [1.54, 1.807) is 0 Å². The highest BCUT2D eigenvalue weighted by Gasteiger charge is 1.96. The summed E-state index contributed by atoms with van der Waals surface area (Å²) in [6.07, 6.45) is 0. The van der Waals surface area contributed by atoms with Gasteiger partial charge >= 0.3 is 0 Å². The van der Waals surface area contributed by atoms with Crippen molar-refractivity contribution >= 4 is 28.6 Å². The molecule has 1 rings (SSSR count). The van der Waals surface area contributed by atoms with Crippen LogP contribution in [0.2, 0.25) is 0 Å². The molecule has 0 saturated carbocycles. The van der Waals surface area contributed by atoms with Gasteiger partial charge in [0.1, 0.15) is 0 Å². The normalized spacial score (nSPS) is 9.50. The number of anilines is 1. The summed E-state index contributed by atoms with van der Waals surface area (Å²) in [5.41, 5.74) is 3.87. The molecule has 0 heterocycles. The topological polar surface area (TPSA) is 12.0 Å². The summed E-state index contributed by atoms with van der Waals surface area (Å²) in [5.74, 6) is 0. The molecule has 0 saturated heterocycles. The fraction of sp³-hybridized carbons (Fsp3) is 0.250. The highest BCUT2D eigenvalue weighted by molar-refractivity contribution is 14.1. The number of nitrogens with one attached hydrogen (secondary N) is 1. The summed E-state index contributed by atoms with van der Waals surface area (Å²) in [7, 11) is 0. The lowest BCUT2D eigenvalue weighted by molar-refractivity contribution is 1.35. The summed E-state index contributed by atoms with van der Waals surface area (Å²) in [4.78, 5) is 0. The van der Waals surface area contributed by atoms with Gasteiger partial charge in [0.05, 0.1) is 22.9 Å². The van der Waals surface area contributed by atoms with E-state index in [9.17, 15) is 0 Å². The first kappa shape index (κ1) is 7.85. The number of hydrogen-bond donors (Lipinski definition) is 1. The van der Waals surface area contributed by atoms with E-state index in [2.05, 4.69) is 58.4 Å². The highest BCUT2D eigenvalue weighted by Crippen LogP contribution is 2.18. The van der Waals surface area contributed by atoms with E-state index in [1.807, 2.05) is 0 Å². The Balaban J connectivity index is 3.14. The van der Waals surface area contributed by atoms with Gasteiger partial charge in [-0.05, 0) is 31.0 Å². The fourth-order valence-electron chi connectivity index (χ4n) is 0.853. The van der Waals surface area contributed by atoms with Gasteiger partial charge < -0.3 is 3.53 Å². The van der Waals surface area contributed by atoms with Crippen LogP contribution in [-0.4, -0.2) is 0 Å². The minimum Gasteiger partial charge on any atom is -0.328 e. The lowest BCUT2D eigenvalue weighted by atomic mass is 10.1. The van der Waals surface area contributed by atoms with E-state index in [4.69, 9.17) is 0 Å². The number of hydrogen-bond acceptors (Lipinski definition) is 1. The molecular weight excluding hydrogens is 237 g/mol. The average Bonchev–Trinajstić information content (AvgIpc) is 1.95. The first-order valence-electron chi connectivity index (χ1n) is 3.18. The summed E-state index contributed by atoms with van der Waals surface area (Å²) in [6.45, 7) is 4.24. The maximum absolute atomic E-state index is 3.11. The van der Waals surface area contributed by atoms with Crippen LogP contribution in [-0.2, 0) is 0 Å². The van der Waals surface area contributed by atoms with Crippen LogP contribution in [0.5, 0.6) is 0 Å². The predicted octanol–water partition coefficient (Wildman–Crippen LogP) is 3.07. The van der Waals surface area contributed by atoms with Crippen LogP contribution in [0.3, 0.4) is 0 Å². The number of benzene rings is 1. The molecule has 1 aromatic rings. The second-order valence-electron chi connectivity index (χ2n) is 2.34. The molecule has 0 unspecified atom stereocenters. The van der Waals surface area contributed by atoms with E-state index in [0.29, 0.717) is 0 Å². The first-order chi connectivity index (χ1) is 4.75. The van der Waals surface area contributed by atoms with Crippen molar-refractivity contribution in [1.82, 2.24) is 0 Å². The first-order valence-corrected chi connectivity index (χ1v) is 4.26. The van der Waals surface area contributed by atoms with Crippen LogP contribution in [0.15, 0.2) is 18.2 Å². The molecule has 0 aliphatic heterocycles. The van der Waals surface area contributed by atoms with E-state index in [1.165, 1.54) is 16.8 Å². The van der Waals surface area contributed by atoms with Crippen molar-refractivity contribution in [2.24, 2.45) is 0 Å². The van der Waals surface area contributed by atoms with Gasteiger partial charge in [-0.2, -0.15) is 0 Å². The third-order valence-electron chi connectivity index (χ3n) is 1.71. The summed E-state index contributed by atoms with van der Waals surface area (Å²) in [5, 5.41) is 0. The molecule has 0 fully saturated rings. The zero-order valence-electron chi connectivity index (χ0n) is 6.11. The molecule has 0 amide bonds. The molecule has 2 heteroatoms. The lowest BCUT2D eigenvalue weighted by Crippen LogP contribution is -1.86. The van der Waals surface area contributed by atoms with Crippen molar-refractivity contribution < 1.29 is 0 Å². The van der Waals surface area contributed by atoms with Gasteiger partial charge in [0.25, 0.3) is 0 Å². The number of aryl methyl sites for hydroxylation is 1. The van der Waals surface area contributed by atoms with E-state index in [0.717, 1.165) is 0 Å². The van der Waals surface area contributed by atoms with Crippen LogP contribution < -0.4 is 3.53 Å². The molecule has 1 aromatic carbocycles. The van der Waals surface area contributed by atoms with Gasteiger partial charge in [-0.15, -0.1) is 0 Å². The molecule has 0 spiro atoms. The van der Waals surface area contributed by atoms with Crippen LogP contribution in [0.4, 0.5) is 5.69 Å². The van der Waals surface area contributed by atoms with Crippen LogP contribution in [0, 0.1) is 13.8 Å². The molecule has 1 N–H and O–H groups in total. The molecule has 0 atom stereocenters. The molecule has 0 aromatic heterocycles. The Labute approximate surface area is 75.3 Å². The minimum absolute atomic E-state index is 1.21.